The molecule has 0 aliphatic carbocycles. The van der Waals surface area contributed by atoms with Gasteiger partial charge in [0.05, 0.1) is 12.6 Å². The van der Waals surface area contributed by atoms with Gasteiger partial charge < -0.3 is 0 Å². The maximum atomic E-state index is 11.6. The quantitative estimate of drug-likeness (QED) is 0.186. The molecule has 1 saturated heterocycles. The fraction of sp³-hybridized carbons (Fsp3) is 0.750. The lowest BCUT2D eigenvalue weighted by Crippen LogP contribution is -2.57. The van der Waals surface area contributed by atoms with Gasteiger partial charge in [-0.2, -0.15) is 0 Å². The summed E-state index contributed by atoms with van der Waals surface area (Å²) in [4.78, 5) is 35.8. The molecule has 1 fully saturated rings. The van der Waals surface area contributed by atoms with Gasteiger partial charge in [-0.15, -0.1) is 0 Å². The van der Waals surface area contributed by atoms with Crippen molar-refractivity contribution >= 4 is 17.7 Å². The molecule has 7 nitrogen and oxygen atoms in total. The second-order valence-corrected chi connectivity index (χ2v) is 4.69. The number of piperazine rings is 1. The lowest BCUT2D eigenvalue weighted by Gasteiger charge is -2.33. The minimum atomic E-state index is -0.239. The van der Waals surface area contributed by atoms with Gasteiger partial charge in [0.1, 0.15) is 0 Å². The van der Waals surface area contributed by atoms with Gasteiger partial charge in [0.2, 0.25) is 17.7 Å². The molecule has 1 heterocycles. The molecule has 0 saturated carbocycles. The molecule has 4 N–H and O–H groups in total. The van der Waals surface area contributed by atoms with E-state index in [0.29, 0.717) is 19.4 Å². The molecular weight excluding hydrogens is 248 g/mol. The third-order valence-electron chi connectivity index (χ3n) is 3.25. The third kappa shape index (κ3) is 4.96. The monoisotopic (exact) mass is 270 g/mol. The summed E-state index contributed by atoms with van der Waals surface area (Å²) < 4.78 is 0. The van der Waals surface area contributed by atoms with E-state index in [2.05, 4.69) is 10.7 Å². The van der Waals surface area contributed by atoms with Crippen LogP contribution in [0.3, 0.4) is 0 Å². The molecule has 19 heavy (non-hydrogen) atoms. The molecule has 1 aliphatic rings. The van der Waals surface area contributed by atoms with Crippen LogP contribution in [0.4, 0.5) is 0 Å². The molecule has 0 aromatic carbocycles. The van der Waals surface area contributed by atoms with E-state index in [1.165, 1.54) is 0 Å². The van der Waals surface area contributed by atoms with Crippen molar-refractivity contribution in [2.75, 3.05) is 13.1 Å². The highest BCUT2D eigenvalue weighted by molar-refractivity contribution is 6.01. The maximum absolute atomic E-state index is 11.6. The topological polar surface area (TPSA) is 105 Å². The van der Waals surface area contributed by atoms with Gasteiger partial charge in [0.25, 0.3) is 0 Å². The van der Waals surface area contributed by atoms with Crippen LogP contribution in [0.25, 0.3) is 0 Å². The number of nitrogens with two attached hydrogens (primary N) is 1. The van der Waals surface area contributed by atoms with Crippen molar-refractivity contribution in [1.82, 2.24) is 15.6 Å². The largest absolute Gasteiger partial charge is 0.294 e. The van der Waals surface area contributed by atoms with E-state index in [9.17, 15) is 14.4 Å². The van der Waals surface area contributed by atoms with Crippen LogP contribution in [0.5, 0.6) is 0 Å². The van der Waals surface area contributed by atoms with Crippen LogP contribution in [-0.4, -0.2) is 41.8 Å². The Balaban J connectivity index is 2.28. The van der Waals surface area contributed by atoms with Crippen LogP contribution in [0.15, 0.2) is 0 Å². The second-order valence-electron chi connectivity index (χ2n) is 4.69. The van der Waals surface area contributed by atoms with Crippen LogP contribution >= 0.6 is 0 Å². The van der Waals surface area contributed by atoms with E-state index in [1.54, 1.807) is 0 Å². The number of hydrogen-bond donors (Lipinski definition) is 3. The molecular formula is C12H22N4O3. The standard InChI is InChI=1S/C12H22N4O3/c1-2-9-12(19)14-11(18)8-16(9)7-5-3-4-6-10(17)15-13/h9H,2-8,13H2,1H3,(H,15,17)(H,14,18,19). The van der Waals surface area contributed by atoms with E-state index in [4.69, 9.17) is 5.84 Å². The average molecular weight is 270 g/mol. The number of nitrogens with one attached hydrogen (secondary N) is 2. The van der Waals surface area contributed by atoms with Crippen molar-refractivity contribution in [3.8, 4) is 0 Å². The van der Waals surface area contributed by atoms with E-state index in [-0.39, 0.29) is 30.3 Å². The zero-order chi connectivity index (χ0) is 14.3. The van der Waals surface area contributed by atoms with Gasteiger partial charge >= 0.3 is 0 Å². The lowest BCUT2D eigenvalue weighted by atomic mass is 10.1. The Morgan fingerprint density at radius 1 is 1.42 bits per heavy atom. The molecule has 108 valence electrons. The smallest absolute Gasteiger partial charge is 0.243 e. The van der Waals surface area contributed by atoms with Gasteiger partial charge in [-0.3, -0.25) is 30.0 Å². The Labute approximate surface area is 112 Å². The fourth-order valence-corrected chi connectivity index (χ4v) is 2.25. The fourth-order valence-electron chi connectivity index (χ4n) is 2.25. The van der Waals surface area contributed by atoms with Crippen molar-refractivity contribution in [3.05, 3.63) is 0 Å². The zero-order valence-electron chi connectivity index (χ0n) is 11.3. The first-order valence-electron chi connectivity index (χ1n) is 6.65. The molecule has 0 aromatic rings. The highest BCUT2D eigenvalue weighted by Gasteiger charge is 2.31. The van der Waals surface area contributed by atoms with Crippen molar-refractivity contribution < 1.29 is 14.4 Å². The summed E-state index contributed by atoms with van der Waals surface area (Å²) >= 11 is 0. The van der Waals surface area contributed by atoms with Crippen LogP contribution in [-0.2, 0) is 14.4 Å². The summed E-state index contributed by atoms with van der Waals surface area (Å²) in [6.07, 6.45) is 3.58. The average Bonchev–Trinajstić information content (AvgIpc) is 2.37. The van der Waals surface area contributed by atoms with Gasteiger partial charge in [-0.1, -0.05) is 13.3 Å². The Hall–Kier alpha value is -1.47. The summed E-state index contributed by atoms with van der Waals surface area (Å²) in [6.45, 7) is 2.90. The Morgan fingerprint density at radius 3 is 2.79 bits per heavy atom. The molecule has 1 rings (SSSR count). The molecule has 1 atom stereocenters. The molecule has 7 heteroatoms. The molecule has 0 bridgehead atoms. The first kappa shape index (κ1) is 15.6. The number of hydrazine groups is 1. The van der Waals surface area contributed by atoms with Crippen LogP contribution in [0.2, 0.25) is 0 Å². The van der Waals surface area contributed by atoms with E-state index in [1.807, 2.05) is 11.8 Å². The Morgan fingerprint density at radius 2 is 2.16 bits per heavy atom. The molecule has 3 amide bonds. The predicted octanol–water partition coefficient (Wildman–Crippen LogP) is -0.726. The summed E-state index contributed by atoms with van der Waals surface area (Å²) in [5, 5.41) is 2.35. The van der Waals surface area contributed by atoms with Crippen LogP contribution in [0, 0.1) is 0 Å². The van der Waals surface area contributed by atoms with E-state index < -0.39 is 0 Å². The summed E-state index contributed by atoms with van der Waals surface area (Å²) in [5.74, 6) is 4.37. The number of carbonyl (C=O) groups is 3. The normalized spacial score (nSPS) is 20.2. The van der Waals surface area contributed by atoms with Crippen molar-refractivity contribution in [3.63, 3.8) is 0 Å². The van der Waals surface area contributed by atoms with E-state index in [0.717, 1.165) is 19.3 Å². The maximum Gasteiger partial charge on any atom is 0.243 e. The molecule has 0 aromatic heterocycles. The molecule has 1 aliphatic heterocycles. The highest BCUT2D eigenvalue weighted by atomic mass is 16.2. The number of imide groups is 1. The van der Waals surface area contributed by atoms with Crippen molar-refractivity contribution in [2.24, 2.45) is 5.84 Å². The minimum absolute atomic E-state index is 0.168. The molecule has 0 radical (unpaired) electrons. The number of rotatable bonds is 7. The van der Waals surface area contributed by atoms with Crippen LogP contribution in [0.1, 0.15) is 39.0 Å². The number of amides is 3. The van der Waals surface area contributed by atoms with Crippen molar-refractivity contribution in [2.45, 2.75) is 45.1 Å². The molecule has 1 unspecified atom stereocenters. The zero-order valence-corrected chi connectivity index (χ0v) is 11.3. The van der Waals surface area contributed by atoms with Crippen molar-refractivity contribution in [1.29, 1.82) is 0 Å². The van der Waals surface area contributed by atoms with Gasteiger partial charge in [-0.25, -0.2) is 5.84 Å². The Kier molecular flexibility index (Phi) is 6.44. The Bertz CT molecular complexity index is 346. The predicted molar refractivity (Wildman–Crippen MR) is 69.6 cm³/mol. The van der Waals surface area contributed by atoms with Gasteiger partial charge in [0, 0.05) is 6.42 Å². The summed E-state index contributed by atoms with van der Waals surface area (Å²) in [5.41, 5.74) is 2.09. The number of carbonyl (C=O) groups excluding carboxylic acids is 3. The minimum Gasteiger partial charge on any atom is -0.294 e. The van der Waals surface area contributed by atoms with E-state index >= 15 is 0 Å². The number of nitrogens with zero attached hydrogens (tertiary/aromatic N) is 1. The SMILES string of the molecule is CCC1C(=O)NC(=O)CN1CCCCCC(=O)NN. The van der Waals surface area contributed by atoms with Gasteiger partial charge in [0.15, 0.2) is 0 Å². The molecule has 0 spiro atoms. The number of unbranched alkanes of at least 4 members (excludes halogenated alkanes) is 2. The lowest BCUT2D eigenvalue weighted by molar-refractivity contribution is -0.140. The second kappa shape index (κ2) is 7.85. The first-order chi connectivity index (χ1) is 9.08. The number of hydrogen-bond acceptors (Lipinski definition) is 5. The highest BCUT2D eigenvalue weighted by Crippen LogP contribution is 2.11. The summed E-state index contributed by atoms with van der Waals surface area (Å²) in [7, 11) is 0. The van der Waals surface area contributed by atoms with Gasteiger partial charge in [-0.05, 0) is 25.8 Å². The summed E-state index contributed by atoms with van der Waals surface area (Å²) in [6, 6.07) is -0.218. The third-order valence-corrected chi connectivity index (χ3v) is 3.25. The first-order valence-corrected chi connectivity index (χ1v) is 6.65. The van der Waals surface area contributed by atoms with Crippen LogP contribution < -0.4 is 16.6 Å².